The van der Waals surface area contributed by atoms with Crippen LogP contribution in [0.5, 0.6) is 5.75 Å². The van der Waals surface area contributed by atoms with Crippen LogP contribution in [0.4, 0.5) is 0 Å². The van der Waals surface area contributed by atoms with E-state index >= 15 is 0 Å². The summed E-state index contributed by atoms with van der Waals surface area (Å²) in [6, 6.07) is 7.97. The van der Waals surface area contributed by atoms with E-state index in [1.807, 2.05) is 29.2 Å². The molecule has 2 atom stereocenters. The number of benzene rings is 1. The molecule has 1 N–H and O–H groups in total. The van der Waals surface area contributed by atoms with Crippen LogP contribution in [0.15, 0.2) is 24.3 Å². The predicted octanol–water partition coefficient (Wildman–Crippen LogP) is 2.93. The number of ether oxygens (including phenoxy) is 1. The minimum Gasteiger partial charge on any atom is -0.497 e. The summed E-state index contributed by atoms with van der Waals surface area (Å²) in [6.45, 7) is 1.56. The van der Waals surface area contributed by atoms with Crippen LogP contribution in [0.25, 0.3) is 0 Å². The Morgan fingerprint density at radius 2 is 1.96 bits per heavy atom. The average Bonchev–Trinajstić information content (AvgIpc) is 3.15. The standard InChI is InChI=1S/C21H30N2O3/c1-26-17-11-8-16(9-12-17)10-13-20(24)23-15-4-2-3-14-22-21(25)18-6-5-7-19(18)23/h8-9,11-12,18-19H,2-7,10,13-15H2,1H3,(H,22,25)/t18-,19+/m1/s1. The number of nitrogens with one attached hydrogen (secondary N) is 1. The number of rotatable bonds is 4. The van der Waals surface area contributed by atoms with Gasteiger partial charge in [-0.15, -0.1) is 0 Å². The van der Waals surface area contributed by atoms with Gasteiger partial charge in [0.2, 0.25) is 11.8 Å². The van der Waals surface area contributed by atoms with E-state index in [4.69, 9.17) is 4.74 Å². The van der Waals surface area contributed by atoms with Gasteiger partial charge in [0.25, 0.3) is 0 Å². The molecule has 1 aliphatic carbocycles. The Morgan fingerprint density at radius 1 is 1.15 bits per heavy atom. The molecule has 0 bridgehead atoms. The average molecular weight is 358 g/mol. The summed E-state index contributed by atoms with van der Waals surface area (Å²) in [4.78, 5) is 27.5. The number of aryl methyl sites for hydroxylation is 1. The number of hydrogen-bond donors (Lipinski definition) is 1. The minimum atomic E-state index is -0.0296. The zero-order valence-corrected chi connectivity index (χ0v) is 15.7. The molecular weight excluding hydrogens is 328 g/mol. The number of fused-ring (bicyclic) bond motifs is 1. The van der Waals surface area contributed by atoms with Crippen LogP contribution < -0.4 is 10.1 Å². The van der Waals surface area contributed by atoms with Crippen molar-refractivity contribution in [2.45, 2.75) is 57.4 Å². The third-order valence-corrected chi connectivity index (χ3v) is 5.70. The highest BCUT2D eigenvalue weighted by molar-refractivity contribution is 5.82. The second-order valence-electron chi connectivity index (χ2n) is 7.39. The van der Waals surface area contributed by atoms with Gasteiger partial charge in [-0.1, -0.05) is 18.6 Å². The molecule has 0 aromatic heterocycles. The quantitative estimate of drug-likeness (QED) is 0.900. The van der Waals surface area contributed by atoms with Gasteiger partial charge >= 0.3 is 0 Å². The predicted molar refractivity (Wildman–Crippen MR) is 101 cm³/mol. The zero-order valence-electron chi connectivity index (χ0n) is 15.7. The molecule has 0 spiro atoms. The van der Waals surface area contributed by atoms with Crippen LogP contribution in [-0.2, 0) is 16.0 Å². The highest BCUT2D eigenvalue weighted by Crippen LogP contribution is 2.31. The summed E-state index contributed by atoms with van der Waals surface area (Å²) < 4.78 is 5.18. The molecule has 1 aromatic rings. The molecule has 26 heavy (non-hydrogen) atoms. The monoisotopic (exact) mass is 358 g/mol. The molecule has 5 heteroatoms. The maximum atomic E-state index is 13.0. The summed E-state index contributed by atoms with van der Waals surface area (Å²) in [7, 11) is 1.65. The molecule has 0 radical (unpaired) electrons. The van der Waals surface area contributed by atoms with E-state index in [1.54, 1.807) is 7.11 Å². The van der Waals surface area contributed by atoms with Gasteiger partial charge in [0.05, 0.1) is 13.0 Å². The van der Waals surface area contributed by atoms with Crippen LogP contribution in [0, 0.1) is 5.92 Å². The first kappa shape index (κ1) is 18.7. The Balaban J connectivity index is 1.64. The van der Waals surface area contributed by atoms with Gasteiger partial charge in [0, 0.05) is 25.6 Å². The van der Waals surface area contributed by atoms with Gasteiger partial charge in [-0.2, -0.15) is 0 Å². The maximum Gasteiger partial charge on any atom is 0.225 e. The number of nitrogens with zero attached hydrogens (tertiary/aromatic N) is 1. The SMILES string of the molecule is COc1ccc(CCC(=O)N2CCCCCNC(=O)[C@@H]3CCC[C@@H]32)cc1. The lowest BCUT2D eigenvalue weighted by Gasteiger charge is -2.34. The van der Waals surface area contributed by atoms with Crippen molar-refractivity contribution in [2.75, 3.05) is 20.2 Å². The van der Waals surface area contributed by atoms with Gasteiger partial charge in [-0.25, -0.2) is 0 Å². The Bertz CT molecular complexity index is 614. The van der Waals surface area contributed by atoms with Crippen molar-refractivity contribution < 1.29 is 14.3 Å². The molecule has 5 nitrogen and oxygen atoms in total. The summed E-state index contributed by atoms with van der Waals surface area (Å²) in [5.41, 5.74) is 1.14. The van der Waals surface area contributed by atoms with E-state index in [0.717, 1.165) is 69.3 Å². The molecule has 142 valence electrons. The lowest BCUT2D eigenvalue weighted by Crippen LogP contribution is -2.48. The third-order valence-electron chi connectivity index (χ3n) is 5.70. The third kappa shape index (κ3) is 4.57. The van der Waals surface area contributed by atoms with E-state index < -0.39 is 0 Å². The van der Waals surface area contributed by atoms with E-state index in [1.165, 1.54) is 0 Å². The van der Waals surface area contributed by atoms with Crippen LogP contribution >= 0.6 is 0 Å². The second-order valence-corrected chi connectivity index (χ2v) is 7.39. The van der Waals surface area contributed by atoms with E-state index in [2.05, 4.69) is 5.32 Å². The van der Waals surface area contributed by atoms with Crippen molar-refractivity contribution in [2.24, 2.45) is 5.92 Å². The fourth-order valence-corrected chi connectivity index (χ4v) is 4.21. The lowest BCUT2D eigenvalue weighted by atomic mass is 9.98. The topological polar surface area (TPSA) is 58.6 Å². The van der Waals surface area contributed by atoms with E-state index in [-0.39, 0.29) is 23.8 Å². The van der Waals surface area contributed by atoms with Gasteiger partial charge in [-0.05, 0) is 56.2 Å². The second kappa shape index (κ2) is 9.06. The largest absolute Gasteiger partial charge is 0.497 e. The van der Waals surface area contributed by atoms with E-state index in [0.29, 0.717) is 6.42 Å². The summed E-state index contributed by atoms with van der Waals surface area (Å²) in [5.74, 6) is 1.13. The first-order valence-corrected chi connectivity index (χ1v) is 9.89. The van der Waals surface area contributed by atoms with E-state index in [9.17, 15) is 9.59 Å². The summed E-state index contributed by atoms with van der Waals surface area (Å²) in [5, 5.41) is 3.06. The number of carbonyl (C=O) groups is 2. The van der Waals surface area contributed by atoms with Gasteiger partial charge in [0.1, 0.15) is 5.75 Å². The fraction of sp³-hybridized carbons (Fsp3) is 0.619. The summed E-state index contributed by atoms with van der Waals surface area (Å²) >= 11 is 0. The Kier molecular flexibility index (Phi) is 6.53. The molecule has 2 aliphatic rings. The molecule has 2 fully saturated rings. The Hall–Kier alpha value is -2.04. The Labute approximate surface area is 156 Å². The first-order chi connectivity index (χ1) is 12.7. The minimum absolute atomic E-state index is 0.0296. The molecule has 1 aromatic carbocycles. The molecule has 1 aliphatic heterocycles. The van der Waals surface area contributed by atoms with Crippen molar-refractivity contribution in [3.8, 4) is 5.75 Å². The van der Waals surface area contributed by atoms with Crippen LogP contribution in [-0.4, -0.2) is 43.0 Å². The zero-order chi connectivity index (χ0) is 18.4. The molecule has 1 saturated heterocycles. The van der Waals surface area contributed by atoms with Crippen LogP contribution in [0.1, 0.15) is 50.5 Å². The van der Waals surface area contributed by atoms with Crippen molar-refractivity contribution in [3.63, 3.8) is 0 Å². The number of carbonyl (C=O) groups excluding carboxylic acids is 2. The van der Waals surface area contributed by atoms with Gasteiger partial charge in [-0.3, -0.25) is 9.59 Å². The number of methoxy groups -OCH3 is 1. The maximum absolute atomic E-state index is 13.0. The molecule has 3 rings (SSSR count). The Morgan fingerprint density at radius 3 is 2.73 bits per heavy atom. The molecular formula is C21H30N2O3. The van der Waals surface area contributed by atoms with Crippen molar-refractivity contribution in [3.05, 3.63) is 29.8 Å². The lowest BCUT2D eigenvalue weighted by molar-refractivity contribution is -0.136. The van der Waals surface area contributed by atoms with Gasteiger partial charge in [0.15, 0.2) is 0 Å². The molecule has 2 amide bonds. The van der Waals surface area contributed by atoms with Crippen molar-refractivity contribution in [1.29, 1.82) is 0 Å². The highest BCUT2D eigenvalue weighted by atomic mass is 16.5. The normalized spacial score (nSPS) is 23.9. The van der Waals surface area contributed by atoms with Gasteiger partial charge < -0.3 is 15.0 Å². The molecule has 1 heterocycles. The summed E-state index contributed by atoms with van der Waals surface area (Å²) in [6.07, 6.45) is 7.18. The van der Waals surface area contributed by atoms with Crippen LogP contribution in [0.2, 0.25) is 0 Å². The smallest absolute Gasteiger partial charge is 0.225 e. The van der Waals surface area contributed by atoms with Crippen molar-refractivity contribution in [1.82, 2.24) is 10.2 Å². The van der Waals surface area contributed by atoms with Crippen molar-refractivity contribution >= 4 is 11.8 Å². The first-order valence-electron chi connectivity index (χ1n) is 9.89. The molecule has 0 unspecified atom stereocenters. The van der Waals surface area contributed by atoms with Crippen LogP contribution in [0.3, 0.4) is 0 Å². The molecule has 1 saturated carbocycles. The number of hydrogen-bond acceptors (Lipinski definition) is 3. The highest BCUT2D eigenvalue weighted by Gasteiger charge is 2.38. The number of amides is 2. The fourth-order valence-electron chi connectivity index (χ4n) is 4.21.